The van der Waals surface area contributed by atoms with Crippen LogP contribution in [-0.4, -0.2) is 35.3 Å². The number of benzene rings is 1. The van der Waals surface area contributed by atoms with Gasteiger partial charge >= 0.3 is 12.0 Å². The van der Waals surface area contributed by atoms with Gasteiger partial charge in [0.05, 0.1) is 11.3 Å². The van der Waals surface area contributed by atoms with Gasteiger partial charge in [0.2, 0.25) is 5.91 Å². The van der Waals surface area contributed by atoms with Gasteiger partial charge in [-0.2, -0.15) is 0 Å². The van der Waals surface area contributed by atoms with Crippen LogP contribution in [0.5, 0.6) is 0 Å². The largest absolute Gasteiger partial charge is 0.478 e. The number of hydrogen-bond donors (Lipinski definition) is 3. The smallest absolute Gasteiger partial charge is 0.335 e. The first-order valence-corrected chi connectivity index (χ1v) is 7.05. The van der Waals surface area contributed by atoms with E-state index >= 15 is 0 Å². The van der Waals surface area contributed by atoms with Crippen molar-refractivity contribution < 1.29 is 19.5 Å². The molecular formula is C13H16N2O4S. The van der Waals surface area contributed by atoms with E-state index in [1.165, 1.54) is 23.9 Å². The molecule has 0 aliphatic heterocycles. The first-order valence-electron chi connectivity index (χ1n) is 6.06. The number of rotatable bonds is 6. The molecule has 20 heavy (non-hydrogen) atoms. The molecule has 0 bridgehead atoms. The van der Waals surface area contributed by atoms with Crippen LogP contribution in [0.2, 0.25) is 0 Å². The number of urea groups is 1. The summed E-state index contributed by atoms with van der Waals surface area (Å²) in [7, 11) is 0. The van der Waals surface area contributed by atoms with Gasteiger partial charge in [0.15, 0.2) is 0 Å². The lowest BCUT2D eigenvalue weighted by Gasteiger charge is -2.05. The summed E-state index contributed by atoms with van der Waals surface area (Å²) in [6.07, 6.45) is 0.790. The first-order chi connectivity index (χ1) is 9.52. The van der Waals surface area contributed by atoms with Crippen molar-refractivity contribution in [3.63, 3.8) is 0 Å². The zero-order valence-corrected chi connectivity index (χ0v) is 11.8. The molecule has 0 saturated heterocycles. The molecule has 3 N–H and O–H groups in total. The quantitative estimate of drug-likeness (QED) is 0.695. The minimum Gasteiger partial charge on any atom is -0.478 e. The van der Waals surface area contributed by atoms with Crippen LogP contribution in [0.25, 0.3) is 0 Å². The second kappa shape index (κ2) is 8.21. The van der Waals surface area contributed by atoms with E-state index in [2.05, 4.69) is 10.6 Å². The molecule has 0 saturated carbocycles. The molecule has 0 fully saturated rings. The highest BCUT2D eigenvalue weighted by molar-refractivity contribution is 8.00. The molecule has 108 valence electrons. The van der Waals surface area contributed by atoms with Gasteiger partial charge in [-0.25, -0.2) is 9.59 Å². The Morgan fingerprint density at radius 2 is 2.05 bits per heavy atom. The molecule has 1 aromatic carbocycles. The number of hydrogen-bond acceptors (Lipinski definition) is 4. The number of carboxylic acids is 1. The van der Waals surface area contributed by atoms with Gasteiger partial charge in [-0.1, -0.05) is 13.0 Å². The predicted molar refractivity (Wildman–Crippen MR) is 76.0 cm³/mol. The number of aromatic carboxylic acids is 1. The van der Waals surface area contributed by atoms with Gasteiger partial charge in [0.25, 0.3) is 0 Å². The van der Waals surface area contributed by atoms with Crippen LogP contribution in [0.3, 0.4) is 0 Å². The minimum absolute atomic E-state index is 0.0443. The van der Waals surface area contributed by atoms with Gasteiger partial charge < -0.3 is 10.4 Å². The molecule has 0 atom stereocenters. The van der Waals surface area contributed by atoms with Gasteiger partial charge in [0.1, 0.15) is 0 Å². The predicted octanol–water partition coefficient (Wildman–Crippen LogP) is 1.71. The molecule has 7 heteroatoms. The molecule has 0 unspecified atom stereocenters. The van der Waals surface area contributed by atoms with E-state index in [9.17, 15) is 14.4 Å². The first kappa shape index (κ1) is 16.0. The molecule has 0 radical (unpaired) electrons. The van der Waals surface area contributed by atoms with Crippen molar-refractivity contribution in [3.05, 3.63) is 29.8 Å². The summed E-state index contributed by atoms with van der Waals surface area (Å²) in [4.78, 5) is 34.2. The summed E-state index contributed by atoms with van der Waals surface area (Å²) in [6.45, 7) is 2.42. The van der Waals surface area contributed by atoms with Crippen molar-refractivity contribution in [2.45, 2.75) is 18.2 Å². The van der Waals surface area contributed by atoms with Gasteiger partial charge in [-0.15, -0.1) is 11.8 Å². The average Bonchev–Trinajstić information content (AvgIpc) is 2.43. The van der Waals surface area contributed by atoms with Crippen LogP contribution in [0, 0.1) is 0 Å². The second-order valence-corrected chi connectivity index (χ2v) is 4.97. The molecule has 0 aliphatic carbocycles. The summed E-state index contributed by atoms with van der Waals surface area (Å²) in [5.41, 5.74) is 0.163. The lowest BCUT2D eigenvalue weighted by molar-refractivity contribution is -0.117. The van der Waals surface area contributed by atoms with Crippen LogP contribution in [0.1, 0.15) is 23.7 Å². The van der Waals surface area contributed by atoms with Crippen LogP contribution >= 0.6 is 11.8 Å². The van der Waals surface area contributed by atoms with Crippen LogP contribution < -0.4 is 10.6 Å². The Kier molecular flexibility index (Phi) is 6.58. The van der Waals surface area contributed by atoms with Crippen molar-refractivity contribution in [3.8, 4) is 0 Å². The number of nitrogens with one attached hydrogen (secondary N) is 2. The van der Waals surface area contributed by atoms with Crippen LogP contribution in [-0.2, 0) is 4.79 Å². The van der Waals surface area contributed by atoms with Gasteiger partial charge in [-0.3, -0.25) is 10.1 Å². The molecule has 1 rings (SSSR count). The van der Waals surface area contributed by atoms with Gasteiger partial charge in [0, 0.05) is 11.4 Å². The zero-order chi connectivity index (χ0) is 15.0. The number of carboxylic acid groups (broad SMARTS) is 1. The Hall–Kier alpha value is -2.02. The number of imide groups is 1. The summed E-state index contributed by atoms with van der Waals surface area (Å²) in [5.74, 6) is -1.40. The number of thioether (sulfide) groups is 1. The van der Waals surface area contributed by atoms with Crippen LogP contribution in [0.15, 0.2) is 29.2 Å². The maximum Gasteiger partial charge on any atom is 0.335 e. The molecule has 0 aliphatic rings. The maximum atomic E-state index is 11.5. The highest BCUT2D eigenvalue weighted by Gasteiger charge is 2.08. The standard InChI is InChI=1S/C13H16N2O4S/c1-2-6-14-13(19)15-11(16)8-20-10-5-3-4-9(7-10)12(17)18/h3-5,7H,2,6,8H2,1H3,(H,17,18)(H2,14,15,16,19). The van der Waals surface area contributed by atoms with E-state index in [1.54, 1.807) is 12.1 Å². The maximum absolute atomic E-state index is 11.5. The third-order valence-electron chi connectivity index (χ3n) is 2.24. The van der Waals surface area contributed by atoms with Crippen molar-refractivity contribution in [2.24, 2.45) is 0 Å². The van der Waals surface area contributed by atoms with Crippen molar-refractivity contribution in [2.75, 3.05) is 12.3 Å². The van der Waals surface area contributed by atoms with E-state index in [1.807, 2.05) is 6.92 Å². The molecule has 0 aromatic heterocycles. The Morgan fingerprint density at radius 1 is 1.30 bits per heavy atom. The highest BCUT2D eigenvalue weighted by Crippen LogP contribution is 2.18. The lowest BCUT2D eigenvalue weighted by atomic mass is 10.2. The van der Waals surface area contributed by atoms with E-state index in [0.29, 0.717) is 11.4 Å². The number of amides is 3. The molecule has 0 spiro atoms. The normalized spacial score (nSPS) is 9.85. The van der Waals surface area contributed by atoms with E-state index in [-0.39, 0.29) is 11.3 Å². The third kappa shape index (κ3) is 5.75. The van der Waals surface area contributed by atoms with Crippen LogP contribution in [0.4, 0.5) is 4.79 Å². The van der Waals surface area contributed by atoms with Crippen molar-refractivity contribution >= 4 is 29.7 Å². The fourth-order valence-electron chi connectivity index (χ4n) is 1.31. The molecule has 1 aromatic rings. The van der Waals surface area contributed by atoms with E-state index in [0.717, 1.165) is 6.42 Å². The SMILES string of the molecule is CCCNC(=O)NC(=O)CSc1cccc(C(=O)O)c1. The highest BCUT2D eigenvalue weighted by atomic mass is 32.2. The summed E-state index contributed by atoms with van der Waals surface area (Å²) in [5, 5.41) is 13.6. The summed E-state index contributed by atoms with van der Waals surface area (Å²) in [6, 6.07) is 5.76. The zero-order valence-electron chi connectivity index (χ0n) is 11.0. The minimum atomic E-state index is -1.02. The molecular weight excluding hydrogens is 280 g/mol. The molecule has 0 heterocycles. The fourth-order valence-corrected chi connectivity index (χ4v) is 2.07. The number of carbonyl (C=O) groups is 3. The topological polar surface area (TPSA) is 95.5 Å². The second-order valence-electron chi connectivity index (χ2n) is 3.93. The molecule has 3 amide bonds. The third-order valence-corrected chi connectivity index (χ3v) is 3.23. The number of carbonyl (C=O) groups excluding carboxylic acids is 2. The Morgan fingerprint density at radius 3 is 2.70 bits per heavy atom. The summed E-state index contributed by atoms with van der Waals surface area (Å²) >= 11 is 1.17. The van der Waals surface area contributed by atoms with Crippen molar-refractivity contribution in [1.29, 1.82) is 0 Å². The fraction of sp³-hybridized carbons (Fsp3) is 0.308. The Balaban J connectivity index is 2.43. The summed E-state index contributed by atoms with van der Waals surface area (Å²) < 4.78 is 0. The van der Waals surface area contributed by atoms with Crippen molar-refractivity contribution in [1.82, 2.24) is 10.6 Å². The Bertz CT molecular complexity index is 505. The van der Waals surface area contributed by atoms with Gasteiger partial charge in [-0.05, 0) is 24.6 Å². The molecule has 6 nitrogen and oxygen atoms in total. The monoisotopic (exact) mass is 296 g/mol. The van der Waals surface area contributed by atoms with E-state index < -0.39 is 17.9 Å². The average molecular weight is 296 g/mol. The Labute approximate surface area is 120 Å². The van der Waals surface area contributed by atoms with E-state index in [4.69, 9.17) is 5.11 Å². The lowest BCUT2D eigenvalue weighted by Crippen LogP contribution is -2.40.